The largest absolute Gasteiger partial charge is 0.364 e. The predicted molar refractivity (Wildman–Crippen MR) is 89.8 cm³/mol. The third-order valence-electron chi connectivity index (χ3n) is 3.60. The van der Waals surface area contributed by atoms with Gasteiger partial charge < -0.3 is 15.0 Å². The molecule has 1 aromatic carbocycles. The molecule has 1 saturated heterocycles. The Balaban J connectivity index is 1.46. The Morgan fingerprint density at radius 2 is 1.92 bits per heavy atom. The summed E-state index contributed by atoms with van der Waals surface area (Å²) in [5.41, 5.74) is 0.701. The highest BCUT2D eigenvalue weighted by Crippen LogP contribution is 2.14. The number of anilines is 1. The van der Waals surface area contributed by atoms with Crippen molar-refractivity contribution in [3.8, 4) is 0 Å². The number of amides is 2. The number of rotatable bonds is 6. The van der Waals surface area contributed by atoms with Crippen molar-refractivity contribution in [2.75, 3.05) is 25.0 Å². The van der Waals surface area contributed by atoms with E-state index in [2.05, 4.69) is 15.5 Å². The molecule has 1 aliphatic heterocycles. The second kappa shape index (κ2) is 7.98. The van der Waals surface area contributed by atoms with Gasteiger partial charge in [0.25, 0.3) is 5.91 Å². The molecule has 1 aromatic heterocycles. The van der Waals surface area contributed by atoms with Crippen molar-refractivity contribution in [2.45, 2.75) is 19.4 Å². The molecule has 0 spiro atoms. The van der Waals surface area contributed by atoms with Gasteiger partial charge in [-0.15, -0.1) is 10.2 Å². The first-order valence-corrected chi connectivity index (χ1v) is 8.58. The molecular weight excluding hydrogens is 328 g/mol. The second-order valence-corrected chi connectivity index (χ2v) is 6.46. The zero-order chi connectivity index (χ0) is 16.8. The summed E-state index contributed by atoms with van der Waals surface area (Å²) >= 11 is 1.16. The van der Waals surface area contributed by atoms with Crippen LogP contribution < -0.4 is 5.32 Å². The van der Waals surface area contributed by atoms with Crippen LogP contribution in [0.2, 0.25) is 0 Å². The summed E-state index contributed by atoms with van der Waals surface area (Å²) < 4.78 is 5.39. The maximum Gasteiger partial charge on any atom is 0.286 e. The summed E-state index contributed by atoms with van der Waals surface area (Å²) in [4.78, 5) is 25.7. The van der Waals surface area contributed by atoms with E-state index in [0.717, 1.165) is 37.3 Å². The van der Waals surface area contributed by atoms with Crippen LogP contribution in [0.1, 0.15) is 27.7 Å². The fourth-order valence-corrected chi connectivity index (χ4v) is 3.07. The van der Waals surface area contributed by atoms with Crippen molar-refractivity contribution in [2.24, 2.45) is 0 Å². The van der Waals surface area contributed by atoms with Crippen LogP contribution in [-0.4, -0.2) is 46.6 Å². The molecular formula is C16H18N4O3S. The Bertz CT molecular complexity index is 698. The number of hydrogen-bond donors (Lipinski definition) is 1. The number of aromatic nitrogens is 2. The van der Waals surface area contributed by atoms with Gasteiger partial charge in [-0.2, -0.15) is 0 Å². The Morgan fingerprint density at radius 1 is 1.17 bits per heavy atom. The number of nitrogens with one attached hydrogen (secondary N) is 1. The molecule has 24 heavy (non-hydrogen) atoms. The minimum atomic E-state index is -0.307. The van der Waals surface area contributed by atoms with Crippen molar-refractivity contribution in [1.29, 1.82) is 0 Å². The number of carbonyl (C=O) groups excluding carboxylic acids is 2. The van der Waals surface area contributed by atoms with Crippen LogP contribution in [0.3, 0.4) is 0 Å². The zero-order valence-electron chi connectivity index (χ0n) is 13.1. The molecule has 1 N–H and O–H groups in total. The van der Waals surface area contributed by atoms with E-state index in [1.54, 1.807) is 17.0 Å². The van der Waals surface area contributed by atoms with Crippen LogP contribution in [0.5, 0.6) is 0 Å². The normalized spacial score (nSPS) is 13.9. The van der Waals surface area contributed by atoms with E-state index in [9.17, 15) is 9.59 Å². The second-order valence-electron chi connectivity index (χ2n) is 5.40. The summed E-state index contributed by atoms with van der Waals surface area (Å²) in [6, 6.07) is 9.15. The van der Waals surface area contributed by atoms with Gasteiger partial charge in [0, 0.05) is 18.8 Å². The fourth-order valence-electron chi connectivity index (χ4n) is 2.39. The Morgan fingerprint density at radius 3 is 2.67 bits per heavy atom. The van der Waals surface area contributed by atoms with E-state index in [1.165, 1.54) is 0 Å². The first kappa shape index (κ1) is 16.5. The minimum absolute atomic E-state index is 0.000871. The summed E-state index contributed by atoms with van der Waals surface area (Å²) in [6.07, 6.45) is 2.12. The number of ether oxygens (including phenoxy) is 1. The Hall–Kier alpha value is -2.32. The van der Waals surface area contributed by atoms with E-state index < -0.39 is 0 Å². The van der Waals surface area contributed by atoms with Crippen LogP contribution in [0.15, 0.2) is 30.3 Å². The van der Waals surface area contributed by atoms with Crippen molar-refractivity contribution in [1.82, 2.24) is 15.1 Å². The third-order valence-corrected chi connectivity index (χ3v) is 4.50. The SMILES string of the molecule is O=C(Nc1ccccc1)c1nnc(COCC(=O)N2CCCC2)s1. The lowest BCUT2D eigenvalue weighted by atomic mass is 10.3. The van der Waals surface area contributed by atoms with Gasteiger partial charge in [0.05, 0.1) is 0 Å². The monoisotopic (exact) mass is 346 g/mol. The van der Waals surface area contributed by atoms with E-state index >= 15 is 0 Å². The fraction of sp³-hybridized carbons (Fsp3) is 0.375. The number of carbonyl (C=O) groups is 2. The van der Waals surface area contributed by atoms with Crippen molar-refractivity contribution >= 4 is 28.8 Å². The molecule has 0 bridgehead atoms. The number of hydrogen-bond acceptors (Lipinski definition) is 6. The molecule has 0 atom stereocenters. The summed E-state index contributed by atoms with van der Waals surface area (Å²) in [5.74, 6) is -0.308. The molecule has 0 unspecified atom stereocenters. The van der Waals surface area contributed by atoms with Gasteiger partial charge >= 0.3 is 0 Å². The maximum absolute atomic E-state index is 12.1. The highest BCUT2D eigenvalue weighted by molar-refractivity contribution is 7.13. The molecule has 2 heterocycles. The van der Waals surface area contributed by atoms with Crippen molar-refractivity contribution in [3.05, 3.63) is 40.3 Å². The average molecular weight is 346 g/mol. The van der Waals surface area contributed by atoms with Gasteiger partial charge in [-0.05, 0) is 25.0 Å². The molecule has 2 aromatic rings. The molecule has 2 amide bonds. The predicted octanol–water partition coefficient (Wildman–Crippen LogP) is 1.93. The highest BCUT2D eigenvalue weighted by atomic mass is 32.1. The topological polar surface area (TPSA) is 84.4 Å². The van der Waals surface area contributed by atoms with Gasteiger partial charge in [0.1, 0.15) is 18.2 Å². The van der Waals surface area contributed by atoms with Gasteiger partial charge in [-0.3, -0.25) is 9.59 Å². The number of para-hydroxylation sites is 1. The molecule has 0 aliphatic carbocycles. The third kappa shape index (κ3) is 4.36. The van der Waals surface area contributed by atoms with Gasteiger partial charge in [0.15, 0.2) is 0 Å². The highest BCUT2D eigenvalue weighted by Gasteiger charge is 2.18. The molecule has 8 heteroatoms. The lowest BCUT2D eigenvalue weighted by Gasteiger charge is -2.14. The maximum atomic E-state index is 12.1. The lowest BCUT2D eigenvalue weighted by Crippen LogP contribution is -2.31. The summed E-state index contributed by atoms with van der Waals surface area (Å²) in [5, 5.41) is 11.4. The van der Waals surface area contributed by atoms with Crippen molar-refractivity contribution in [3.63, 3.8) is 0 Å². The van der Waals surface area contributed by atoms with Crippen molar-refractivity contribution < 1.29 is 14.3 Å². The minimum Gasteiger partial charge on any atom is -0.364 e. The molecule has 1 aliphatic rings. The Kier molecular flexibility index (Phi) is 5.50. The van der Waals surface area contributed by atoms with E-state index in [1.807, 2.05) is 18.2 Å². The van der Waals surface area contributed by atoms with Crippen LogP contribution in [-0.2, 0) is 16.1 Å². The average Bonchev–Trinajstić information content (AvgIpc) is 3.28. The quantitative estimate of drug-likeness (QED) is 0.864. The van der Waals surface area contributed by atoms with Gasteiger partial charge in [0.2, 0.25) is 10.9 Å². The van der Waals surface area contributed by atoms with Crippen LogP contribution >= 0.6 is 11.3 Å². The molecule has 0 saturated carbocycles. The standard InChI is InChI=1S/C16H18N4O3S/c21-14(20-8-4-5-9-20)11-23-10-13-18-19-16(24-13)15(22)17-12-6-2-1-3-7-12/h1-3,6-7H,4-5,8-11H2,(H,17,22). The molecule has 7 nitrogen and oxygen atoms in total. The summed E-state index contributed by atoms with van der Waals surface area (Å²) in [7, 11) is 0. The molecule has 126 valence electrons. The molecule has 1 fully saturated rings. The molecule has 0 radical (unpaired) electrons. The van der Waals surface area contributed by atoms with E-state index in [-0.39, 0.29) is 30.0 Å². The van der Waals surface area contributed by atoms with Crippen LogP contribution in [0.4, 0.5) is 5.69 Å². The van der Waals surface area contributed by atoms with E-state index in [0.29, 0.717) is 10.7 Å². The smallest absolute Gasteiger partial charge is 0.286 e. The van der Waals surface area contributed by atoms with Crippen LogP contribution in [0.25, 0.3) is 0 Å². The number of likely N-dealkylation sites (tertiary alicyclic amines) is 1. The van der Waals surface area contributed by atoms with Gasteiger partial charge in [-0.25, -0.2) is 0 Å². The van der Waals surface area contributed by atoms with E-state index in [4.69, 9.17) is 4.74 Å². The number of benzene rings is 1. The lowest BCUT2D eigenvalue weighted by molar-refractivity contribution is -0.135. The zero-order valence-corrected chi connectivity index (χ0v) is 13.9. The van der Waals surface area contributed by atoms with Gasteiger partial charge in [-0.1, -0.05) is 29.5 Å². The van der Waals surface area contributed by atoms with Crippen LogP contribution in [0, 0.1) is 0 Å². The first-order chi connectivity index (χ1) is 11.7. The summed E-state index contributed by atoms with van der Waals surface area (Å²) in [6.45, 7) is 1.83. The Labute approximate surface area is 143 Å². The molecule has 3 rings (SSSR count). The first-order valence-electron chi connectivity index (χ1n) is 7.76. The number of nitrogens with zero attached hydrogens (tertiary/aromatic N) is 3.